The Bertz CT molecular complexity index is 294. The van der Waals surface area contributed by atoms with E-state index >= 15 is 0 Å². The Morgan fingerprint density at radius 2 is 1.86 bits per heavy atom. The van der Waals surface area contributed by atoms with Crippen LogP contribution in [0.25, 0.3) is 0 Å². The topological polar surface area (TPSA) is 9.23 Å². The van der Waals surface area contributed by atoms with Gasteiger partial charge in [0.25, 0.3) is 0 Å². The molecule has 0 spiro atoms. The van der Waals surface area contributed by atoms with Gasteiger partial charge in [0, 0.05) is 0 Å². The molecule has 1 nitrogen and oxygen atoms in total. The average Bonchev–Trinajstić information content (AvgIpc) is 2.06. The zero-order valence-electron chi connectivity index (χ0n) is 7.77. The van der Waals surface area contributed by atoms with E-state index in [1.54, 1.807) is 12.1 Å². The van der Waals surface area contributed by atoms with Crippen LogP contribution in [0.4, 0.5) is 13.2 Å². The standard InChI is InChI=1S/C10H11F3O/c1-8-4-2-3-5-9(8)6-14-7-10(11,12)13/h2-5H,6-7H2,1H3. The number of alkyl halides is 3. The number of benzene rings is 1. The first-order valence-electron chi connectivity index (χ1n) is 4.18. The molecule has 0 bridgehead atoms. The molecule has 0 unspecified atom stereocenters. The van der Waals surface area contributed by atoms with Gasteiger partial charge in [-0.05, 0) is 18.1 Å². The van der Waals surface area contributed by atoms with E-state index in [1.165, 1.54) is 0 Å². The van der Waals surface area contributed by atoms with Crippen molar-refractivity contribution in [2.45, 2.75) is 19.7 Å². The fourth-order valence-corrected chi connectivity index (χ4v) is 1.05. The van der Waals surface area contributed by atoms with Crippen molar-refractivity contribution in [3.63, 3.8) is 0 Å². The lowest BCUT2D eigenvalue weighted by molar-refractivity contribution is -0.176. The summed E-state index contributed by atoms with van der Waals surface area (Å²) in [5.74, 6) is 0. The maximum absolute atomic E-state index is 11.7. The summed E-state index contributed by atoms with van der Waals surface area (Å²) in [6.45, 7) is 0.653. The summed E-state index contributed by atoms with van der Waals surface area (Å²) in [6, 6.07) is 7.21. The van der Waals surface area contributed by atoms with Crippen molar-refractivity contribution in [2.75, 3.05) is 6.61 Å². The second-order valence-corrected chi connectivity index (χ2v) is 3.03. The molecule has 78 valence electrons. The van der Waals surface area contributed by atoms with Crippen molar-refractivity contribution in [3.8, 4) is 0 Å². The van der Waals surface area contributed by atoms with E-state index in [4.69, 9.17) is 0 Å². The maximum atomic E-state index is 11.7. The molecule has 0 radical (unpaired) electrons. The number of aryl methyl sites for hydroxylation is 1. The number of rotatable bonds is 3. The van der Waals surface area contributed by atoms with Gasteiger partial charge >= 0.3 is 6.18 Å². The van der Waals surface area contributed by atoms with Crippen LogP contribution in [-0.4, -0.2) is 12.8 Å². The lowest BCUT2D eigenvalue weighted by atomic mass is 10.1. The van der Waals surface area contributed by atoms with Crippen molar-refractivity contribution in [2.24, 2.45) is 0 Å². The molecule has 1 aromatic carbocycles. The van der Waals surface area contributed by atoms with Crippen LogP contribution in [0.5, 0.6) is 0 Å². The third-order valence-electron chi connectivity index (χ3n) is 1.78. The molecule has 0 aliphatic rings. The molecular weight excluding hydrogens is 193 g/mol. The summed E-state index contributed by atoms with van der Waals surface area (Å²) in [5, 5.41) is 0. The van der Waals surface area contributed by atoms with Gasteiger partial charge in [-0.15, -0.1) is 0 Å². The second-order valence-electron chi connectivity index (χ2n) is 3.03. The molecule has 0 atom stereocenters. The van der Waals surface area contributed by atoms with Crippen LogP contribution >= 0.6 is 0 Å². The second kappa shape index (κ2) is 4.46. The van der Waals surface area contributed by atoms with Crippen molar-refractivity contribution >= 4 is 0 Å². The largest absolute Gasteiger partial charge is 0.411 e. The Balaban J connectivity index is 2.43. The molecule has 0 N–H and O–H groups in total. The first kappa shape index (κ1) is 11.0. The Hall–Kier alpha value is -1.03. The van der Waals surface area contributed by atoms with Crippen LogP contribution in [0.2, 0.25) is 0 Å². The van der Waals surface area contributed by atoms with E-state index in [1.807, 2.05) is 19.1 Å². The van der Waals surface area contributed by atoms with Gasteiger partial charge < -0.3 is 4.74 Å². The minimum Gasteiger partial charge on any atom is -0.367 e. The highest BCUT2D eigenvalue weighted by molar-refractivity contribution is 5.24. The van der Waals surface area contributed by atoms with Gasteiger partial charge in [-0.25, -0.2) is 0 Å². The van der Waals surface area contributed by atoms with Crippen LogP contribution in [-0.2, 0) is 11.3 Å². The number of hydrogen-bond donors (Lipinski definition) is 0. The number of halogens is 3. The van der Waals surface area contributed by atoms with E-state index in [2.05, 4.69) is 4.74 Å². The SMILES string of the molecule is Cc1ccccc1COCC(F)(F)F. The van der Waals surface area contributed by atoms with Crippen molar-refractivity contribution in [1.82, 2.24) is 0 Å². The van der Waals surface area contributed by atoms with Crippen molar-refractivity contribution < 1.29 is 17.9 Å². The molecule has 0 aliphatic carbocycles. The predicted molar refractivity (Wildman–Crippen MR) is 46.9 cm³/mol. The molecule has 0 amide bonds. The molecule has 0 saturated carbocycles. The number of ether oxygens (including phenoxy) is 1. The van der Waals surface area contributed by atoms with E-state index in [9.17, 15) is 13.2 Å². The fourth-order valence-electron chi connectivity index (χ4n) is 1.05. The highest BCUT2D eigenvalue weighted by Crippen LogP contribution is 2.16. The van der Waals surface area contributed by atoms with Gasteiger partial charge in [-0.2, -0.15) is 13.2 Å². The first-order valence-corrected chi connectivity index (χ1v) is 4.18. The normalized spacial score (nSPS) is 11.7. The smallest absolute Gasteiger partial charge is 0.367 e. The van der Waals surface area contributed by atoms with Gasteiger partial charge in [0.15, 0.2) is 0 Å². The summed E-state index contributed by atoms with van der Waals surface area (Å²) in [4.78, 5) is 0. The number of hydrogen-bond acceptors (Lipinski definition) is 1. The molecule has 0 aliphatic heterocycles. The molecule has 4 heteroatoms. The van der Waals surface area contributed by atoms with Crippen molar-refractivity contribution in [3.05, 3.63) is 35.4 Å². The molecule has 0 heterocycles. The van der Waals surface area contributed by atoms with Crippen molar-refractivity contribution in [1.29, 1.82) is 0 Å². The summed E-state index contributed by atoms with van der Waals surface area (Å²) in [7, 11) is 0. The molecule has 1 aromatic rings. The molecule has 0 fully saturated rings. The Morgan fingerprint density at radius 1 is 1.21 bits per heavy atom. The summed E-state index contributed by atoms with van der Waals surface area (Å²) in [5.41, 5.74) is 1.73. The Kier molecular flexibility index (Phi) is 3.52. The highest BCUT2D eigenvalue weighted by Gasteiger charge is 2.27. The maximum Gasteiger partial charge on any atom is 0.411 e. The van der Waals surface area contributed by atoms with Crippen LogP contribution in [0.3, 0.4) is 0 Å². The Labute approximate surface area is 80.5 Å². The van der Waals surface area contributed by atoms with E-state index in [-0.39, 0.29) is 6.61 Å². The minimum atomic E-state index is -4.25. The fraction of sp³-hybridized carbons (Fsp3) is 0.400. The summed E-state index contributed by atoms with van der Waals surface area (Å²) in [6.07, 6.45) is -4.25. The first-order chi connectivity index (χ1) is 6.49. The molecular formula is C10H11F3O. The van der Waals surface area contributed by atoms with Crippen LogP contribution in [0.15, 0.2) is 24.3 Å². The van der Waals surface area contributed by atoms with Crippen LogP contribution in [0.1, 0.15) is 11.1 Å². The van der Waals surface area contributed by atoms with Crippen LogP contribution < -0.4 is 0 Å². The van der Waals surface area contributed by atoms with Gasteiger partial charge in [0.2, 0.25) is 0 Å². The summed E-state index contributed by atoms with van der Waals surface area (Å²) < 4.78 is 39.7. The quantitative estimate of drug-likeness (QED) is 0.735. The van der Waals surface area contributed by atoms with Gasteiger partial charge in [0.05, 0.1) is 6.61 Å². The van der Waals surface area contributed by atoms with E-state index in [0.717, 1.165) is 11.1 Å². The lowest BCUT2D eigenvalue weighted by Crippen LogP contribution is -2.16. The van der Waals surface area contributed by atoms with Gasteiger partial charge in [-0.3, -0.25) is 0 Å². The Morgan fingerprint density at radius 3 is 2.43 bits per heavy atom. The van der Waals surface area contributed by atoms with Crippen LogP contribution in [0, 0.1) is 6.92 Å². The van der Waals surface area contributed by atoms with E-state index < -0.39 is 12.8 Å². The highest BCUT2D eigenvalue weighted by atomic mass is 19.4. The molecule has 1 rings (SSSR count). The van der Waals surface area contributed by atoms with Gasteiger partial charge in [0.1, 0.15) is 6.61 Å². The molecule has 0 aromatic heterocycles. The lowest BCUT2D eigenvalue weighted by Gasteiger charge is -2.08. The average molecular weight is 204 g/mol. The zero-order valence-corrected chi connectivity index (χ0v) is 7.77. The monoisotopic (exact) mass is 204 g/mol. The molecule has 0 saturated heterocycles. The third-order valence-corrected chi connectivity index (χ3v) is 1.78. The summed E-state index contributed by atoms with van der Waals surface area (Å²) >= 11 is 0. The third kappa shape index (κ3) is 3.79. The minimum absolute atomic E-state index is 0.00613. The molecule has 14 heavy (non-hydrogen) atoms. The van der Waals surface area contributed by atoms with Gasteiger partial charge in [-0.1, -0.05) is 24.3 Å². The predicted octanol–water partition coefficient (Wildman–Crippen LogP) is 3.07. The zero-order chi connectivity index (χ0) is 10.6. The van der Waals surface area contributed by atoms with E-state index in [0.29, 0.717) is 0 Å².